The lowest BCUT2D eigenvalue weighted by Gasteiger charge is -2.36. The molecule has 2 unspecified atom stereocenters. The van der Waals surface area contributed by atoms with Crippen molar-refractivity contribution in [3.05, 3.63) is 21.5 Å². The van der Waals surface area contributed by atoms with E-state index in [2.05, 4.69) is 0 Å². The topological polar surface area (TPSA) is 49.5 Å². The number of hydrogen-bond acceptors (Lipinski definition) is 3. The van der Waals surface area contributed by atoms with Crippen molar-refractivity contribution in [1.29, 1.82) is 0 Å². The second-order valence-electron chi connectivity index (χ2n) is 4.60. The molecule has 2 atom stereocenters. The molecular weight excluding hydrogens is 334 g/mol. The van der Waals surface area contributed by atoms with Crippen molar-refractivity contribution in [3.63, 3.8) is 0 Å². The van der Waals surface area contributed by atoms with Gasteiger partial charge in [-0.15, -0.1) is 0 Å². The molecule has 94 valence electrons. The zero-order chi connectivity index (χ0) is 12.6. The van der Waals surface area contributed by atoms with Gasteiger partial charge >= 0.3 is 0 Å². The Morgan fingerprint density at radius 3 is 2.88 bits per heavy atom. The first kappa shape index (κ1) is 12.9. The summed E-state index contributed by atoms with van der Waals surface area (Å²) in [5.41, 5.74) is 7.26. The van der Waals surface area contributed by atoms with Gasteiger partial charge < -0.3 is 15.7 Å². The van der Waals surface area contributed by atoms with Gasteiger partial charge in [0.1, 0.15) is 5.82 Å². The summed E-state index contributed by atoms with van der Waals surface area (Å²) in [6.07, 6.45) is 0.440. The molecule has 1 aliphatic rings. The molecule has 0 aromatic heterocycles. The van der Waals surface area contributed by atoms with Gasteiger partial charge in [-0.1, -0.05) is 6.92 Å². The highest BCUT2D eigenvalue weighted by atomic mass is 127. The Kier molecular flexibility index (Phi) is 3.77. The van der Waals surface area contributed by atoms with Crippen molar-refractivity contribution in [2.45, 2.75) is 19.4 Å². The van der Waals surface area contributed by atoms with Crippen molar-refractivity contribution in [2.75, 3.05) is 23.7 Å². The number of aliphatic hydroxyl groups excluding tert-OH is 1. The average molecular weight is 350 g/mol. The minimum Gasteiger partial charge on any atom is -0.397 e. The third kappa shape index (κ3) is 2.65. The third-order valence-corrected chi connectivity index (χ3v) is 4.10. The quantitative estimate of drug-likeness (QED) is 0.603. The van der Waals surface area contributed by atoms with Gasteiger partial charge in [0.15, 0.2) is 0 Å². The molecule has 17 heavy (non-hydrogen) atoms. The van der Waals surface area contributed by atoms with Gasteiger partial charge in [0, 0.05) is 19.2 Å². The molecule has 3 nitrogen and oxygen atoms in total. The Balaban J connectivity index is 2.26. The third-order valence-electron chi connectivity index (χ3n) is 3.27. The average Bonchev–Trinajstić information content (AvgIpc) is 2.27. The van der Waals surface area contributed by atoms with Crippen LogP contribution in [0.15, 0.2) is 12.1 Å². The number of halogens is 2. The molecule has 0 saturated carbocycles. The maximum Gasteiger partial charge on any atom is 0.138 e. The second-order valence-corrected chi connectivity index (χ2v) is 5.77. The number of nitrogen functional groups attached to an aromatic ring is 1. The van der Waals surface area contributed by atoms with Crippen LogP contribution in [-0.4, -0.2) is 24.3 Å². The van der Waals surface area contributed by atoms with Crippen molar-refractivity contribution in [1.82, 2.24) is 0 Å². The van der Waals surface area contributed by atoms with Gasteiger partial charge in [-0.3, -0.25) is 0 Å². The number of nitrogens with two attached hydrogens (primary N) is 1. The molecule has 0 radical (unpaired) electrons. The van der Waals surface area contributed by atoms with E-state index < -0.39 is 0 Å². The number of anilines is 2. The fraction of sp³-hybridized carbons (Fsp3) is 0.500. The molecule has 3 N–H and O–H groups in total. The number of benzene rings is 1. The first-order chi connectivity index (χ1) is 7.99. The van der Waals surface area contributed by atoms with Gasteiger partial charge in [-0.25, -0.2) is 4.39 Å². The van der Waals surface area contributed by atoms with Gasteiger partial charge in [0.25, 0.3) is 0 Å². The van der Waals surface area contributed by atoms with Crippen LogP contribution in [0, 0.1) is 15.3 Å². The summed E-state index contributed by atoms with van der Waals surface area (Å²) in [6.45, 7) is 3.43. The Hall–Kier alpha value is -0.560. The highest BCUT2D eigenvalue weighted by molar-refractivity contribution is 14.1. The lowest BCUT2D eigenvalue weighted by Crippen LogP contribution is -2.42. The van der Waals surface area contributed by atoms with Crippen LogP contribution < -0.4 is 10.6 Å². The monoisotopic (exact) mass is 350 g/mol. The van der Waals surface area contributed by atoms with Crippen LogP contribution in [0.1, 0.15) is 13.3 Å². The van der Waals surface area contributed by atoms with Crippen LogP contribution in [-0.2, 0) is 0 Å². The van der Waals surface area contributed by atoms with Gasteiger partial charge in [0.05, 0.1) is 21.0 Å². The number of piperidine rings is 1. The number of rotatable bonds is 1. The Morgan fingerprint density at radius 1 is 1.53 bits per heavy atom. The van der Waals surface area contributed by atoms with E-state index in [1.165, 1.54) is 6.07 Å². The Morgan fingerprint density at radius 2 is 2.24 bits per heavy atom. The molecule has 2 rings (SSSR count). The van der Waals surface area contributed by atoms with E-state index in [0.29, 0.717) is 22.2 Å². The second kappa shape index (κ2) is 4.97. The first-order valence-electron chi connectivity index (χ1n) is 5.66. The van der Waals surface area contributed by atoms with Crippen LogP contribution in [0.2, 0.25) is 0 Å². The summed E-state index contributed by atoms with van der Waals surface area (Å²) < 4.78 is 14.1. The molecule has 1 aromatic carbocycles. The molecule has 0 amide bonds. The molecular formula is C12H16FIN2O. The van der Waals surface area contributed by atoms with Crippen molar-refractivity contribution < 1.29 is 9.50 Å². The molecule has 1 aromatic rings. The van der Waals surface area contributed by atoms with Gasteiger partial charge in [-0.2, -0.15) is 0 Å². The molecule has 0 aliphatic carbocycles. The number of aliphatic hydroxyl groups is 1. The molecule has 5 heteroatoms. The highest BCUT2D eigenvalue weighted by Gasteiger charge is 2.25. The Bertz CT molecular complexity index is 427. The SMILES string of the molecule is CC1CN(c2cc(F)c(I)cc2N)CCC1O. The van der Waals surface area contributed by atoms with Gasteiger partial charge in [0.2, 0.25) is 0 Å². The fourth-order valence-electron chi connectivity index (χ4n) is 2.18. The predicted octanol–water partition coefficient (Wildman–Crippen LogP) is 2.22. The molecule has 1 aliphatic heterocycles. The van der Waals surface area contributed by atoms with Crippen molar-refractivity contribution in [3.8, 4) is 0 Å². The maximum atomic E-state index is 13.5. The molecule has 1 heterocycles. The standard InChI is InChI=1S/C12H16FIN2O/c1-7-6-16(3-2-12(7)17)11-4-8(13)9(14)5-10(11)15/h4-5,7,12,17H,2-3,6,15H2,1H3. The van der Waals surface area contributed by atoms with Crippen LogP contribution in [0.25, 0.3) is 0 Å². The van der Waals surface area contributed by atoms with E-state index in [1.54, 1.807) is 6.07 Å². The van der Waals surface area contributed by atoms with Crippen molar-refractivity contribution in [2.24, 2.45) is 5.92 Å². The molecule has 1 fully saturated rings. The van der Waals surface area contributed by atoms with Crippen LogP contribution in [0.4, 0.5) is 15.8 Å². The normalized spacial score (nSPS) is 25.1. The van der Waals surface area contributed by atoms with E-state index in [4.69, 9.17) is 5.73 Å². The largest absolute Gasteiger partial charge is 0.397 e. The van der Waals surface area contributed by atoms with Crippen LogP contribution in [0.5, 0.6) is 0 Å². The zero-order valence-electron chi connectivity index (χ0n) is 9.66. The van der Waals surface area contributed by atoms with Crippen LogP contribution in [0.3, 0.4) is 0 Å². The number of hydrogen-bond donors (Lipinski definition) is 2. The minimum absolute atomic E-state index is 0.186. The highest BCUT2D eigenvalue weighted by Crippen LogP contribution is 2.30. The summed E-state index contributed by atoms with van der Waals surface area (Å²) in [4.78, 5) is 2.05. The predicted molar refractivity (Wildman–Crippen MR) is 75.5 cm³/mol. The summed E-state index contributed by atoms with van der Waals surface area (Å²) in [7, 11) is 0. The number of nitrogens with zero attached hydrogens (tertiary/aromatic N) is 1. The van der Waals surface area contributed by atoms with E-state index >= 15 is 0 Å². The van der Waals surface area contributed by atoms with Crippen LogP contribution >= 0.6 is 22.6 Å². The van der Waals surface area contributed by atoms with E-state index in [-0.39, 0.29) is 17.8 Å². The minimum atomic E-state index is -0.263. The summed E-state index contributed by atoms with van der Waals surface area (Å²) in [6, 6.07) is 3.14. The molecule has 1 saturated heterocycles. The zero-order valence-corrected chi connectivity index (χ0v) is 11.8. The van der Waals surface area contributed by atoms with Crippen molar-refractivity contribution >= 4 is 34.0 Å². The smallest absolute Gasteiger partial charge is 0.138 e. The lowest BCUT2D eigenvalue weighted by molar-refractivity contribution is 0.0971. The van der Waals surface area contributed by atoms with E-state index in [9.17, 15) is 9.50 Å². The maximum absolute atomic E-state index is 13.5. The first-order valence-corrected chi connectivity index (χ1v) is 6.74. The summed E-state index contributed by atoms with van der Waals surface area (Å²) in [5.74, 6) is -0.0564. The Labute approximate surface area is 114 Å². The molecule has 0 bridgehead atoms. The lowest BCUT2D eigenvalue weighted by atomic mass is 9.96. The van der Waals surface area contributed by atoms with E-state index in [0.717, 1.165) is 12.2 Å². The molecule has 0 spiro atoms. The van der Waals surface area contributed by atoms with Gasteiger partial charge in [-0.05, 0) is 41.0 Å². The fourth-order valence-corrected chi connectivity index (χ4v) is 2.67. The summed E-state index contributed by atoms with van der Waals surface area (Å²) in [5, 5.41) is 9.68. The summed E-state index contributed by atoms with van der Waals surface area (Å²) >= 11 is 1.93. The van der Waals surface area contributed by atoms with E-state index in [1.807, 2.05) is 34.4 Å².